The normalized spacial score (nSPS) is 27.3. The molecule has 1 aliphatic heterocycles. The van der Waals surface area contributed by atoms with Crippen molar-refractivity contribution >= 4 is 5.84 Å². The molecule has 1 heterocycles. The Morgan fingerprint density at radius 3 is 3.00 bits per heavy atom. The van der Waals surface area contributed by atoms with E-state index in [-0.39, 0.29) is 5.92 Å². The number of piperidine rings is 1. The highest BCUT2D eigenvalue weighted by molar-refractivity contribution is 5.79. The number of benzene rings is 1. The molecule has 2 unspecified atom stereocenters. The first kappa shape index (κ1) is 11.7. The minimum absolute atomic E-state index is 0.286. The maximum atomic E-state index is 7.59. The van der Waals surface area contributed by atoms with Gasteiger partial charge in [0.05, 0.1) is 5.84 Å². The van der Waals surface area contributed by atoms with Crippen molar-refractivity contribution in [3.8, 4) is 0 Å². The maximum Gasteiger partial charge on any atom is 0.0949 e. The lowest BCUT2D eigenvalue weighted by Gasteiger charge is -2.38. The predicted octanol–water partition coefficient (Wildman–Crippen LogP) is 1.97. The predicted molar refractivity (Wildman–Crippen MR) is 74.0 cm³/mol. The van der Waals surface area contributed by atoms with Gasteiger partial charge < -0.3 is 10.6 Å². The second-order valence-electron chi connectivity index (χ2n) is 5.65. The van der Waals surface area contributed by atoms with Crippen LogP contribution >= 0.6 is 0 Å². The van der Waals surface area contributed by atoms with Crippen molar-refractivity contribution in [2.75, 3.05) is 19.6 Å². The molecule has 0 radical (unpaired) electrons. The minimum Gasteiger partial charge on any atom is -0.387 e. The van der Waals surface area contributed by atoms with Gasteiger partial charge in [-0.1, -0.05) is 24.3 Å². The Bertz CT molecular complexity index is 455. The second kappa shape index (κ2) is 4.73. The molecule has 0 spiro atoms. The van der Waals surface area contributed by atoms with E-state index in [1.807, 2.05) is 0 Å². The van der Waals surface area contributed by atoms with Gasteiger partial charge in [-0.25, -0.2) is 0 Å². The van der Waals surface area contributed by atoms with Gasteiger partial charge in [0.15, 0.2) is 0 Å². The van der Waals surface area contributed by atoms with Crippen LogP contribution in [0.1, 0.15) is 29.9 Å². The van der Waals surface area contributed by atoms with E-state index in [9.17, 15) is 0 Å². The standard InChI is InChI=1S/C15H21N3/c16-15(17)12-5-3-7-18(9-12)10-13-8-11-4-1-2-6-14(11)13/h1-2,4,6,12-13H,3,5,7-10H2,(H3,16,17). The summed E-state index contributed by atoms with van der Waals surface area (Å²) >= 11 is 0. The third-order valence-electron chi connectivity index (χ3n) is 4.39. The molecule has 0 amide bonds. The van der Waals surface area contributed by atoms with Gasteiger partial charge in [-0.15, -0.1) is 0 Å². The number of nitrogens with zero attached hydrogens (tertiary/aromatic N) is 1. The number of nitrogens with two attached hydrogens (primary N) is 1. The van der Waals surface area contributed by atoms with Crippen molar-refractivity contribution in [1.82, 2.24) is 4.90 Å². The number of likely N-dealkylation sites (tertiary alicyclic amines) is 1. The highest BCUT2D eigenvalue weighted by Gasteiger charge is 2.29. The van der Waals surface area contributed by atoms with E-state index in [0.29, 0.717) is 11.8 Å². The highest BCUT2D eigenvalue weighted by atomic mass is 15.1. The lowest BCUT2D eigenvalue weighted by molar-refractivity contribution is 0.187. The van der Waals surface area contributed by atoms with E-state index in [4.69, 9.17) is 11.1 Å². The van der Waals surface area contributed by atoms with Crippen LogP contribution in [0.25, 0.3) is 0 Å². The van der Waals surface area contributed by atoms with Crippen LogP contribution in [0.4, 0.5) is 0 Å². The largest absolute Gasteiger partial charge is 0.387 e. The van der Waals surface area contributed by atoms with Crippen molar-refractivity contribution < 1.29 is 0 Å². The van der Waals surface area contributed by atoms with Crippen LogP contribution in [-0.2, 0) is 6.42 Å². The first-order chi connectivity index (χ1) is 8.74. The molecule has 0 aromatic heterocycles. The van der Waals surface area contributed by atoms with Crippen LogP contribution in [0.15, 0.2) is 24.3 Å². The summed E-state index contributed by atoms with van der Waals surface area (Å²) in [4.78, 5) is 2.50. The van der Waals surface area contributed by atoms with Gasteiger partial charge in [-0.2, -0.15) is 0 Å². The van der Waals surface area contributed by atoms with Crippen LogP contribution in [0.3, 0.4) is 0 Å². The molecule has 3 N–H and O–H groups in total. The molecule has 96 valence electrons. The molecular formula is C15H21N3. The number of rotatable bonds is 3. The lowest BCUT2D eigenvalue weighted by Crippen LogP contribution is -2.43. The summed E-state index contributed by atoms with van der Waals surface area (Å²) in [6.45, 7) is 3.29. The third kappa shape index (κ3) is 2.15. The molecule has 0 bridgehead atoms. The van der Waals surface area contributed by atoms with Gasteiger partial charge >= 0.3 is 0 Å². The summed E-state index contributed by atoms with van der Waals surface area (Å²) in [6, 6.07) is 8.76. The quantitative estimate of drug-likeness (QED) is 0.630. The molecule has 2 atom stereocenters. The zero-order valence-corrected chi connectivity index (χ0v) is 10.7. The Balaban J connectivity index is 1.60. The fourth-order valence-electron chi connectivity index (χ4n) is 3.31. The van der Waals surface area contributed by atoms with Crippen molar-refractivity contribution in [3.63, 3.8) is 0 Å². The third-order valence-corrected chi connectivity index (χ3v) is 4.39. The molecular weight excluding hydrogens is 222 g/mol. The Hall–Kier alpha value is -1.35. The molecule has 3 rings (SSSR count). The SMILES string of the molecule is N=C(N)C1CCCN(CC2Cc3ccccc32)C1. The van der Waals surface area contributed by atoms with Crippen molar-refractivity contribution in [2.45, 2.75) is 25.2 Å². The average Bonchev–Trinajstić information content (AvgIpc) is 2.36. The Labute approximate surface area is 108 Å². The van der Waals surface area contributed by atoms with Crippen molar-refractivity contribution in [1.29, 1.82) is 5.41 Å². The molecule has 0 saturated carbocycles. The number of nitrogens with one attached hydrogen (secondary N) is 1. The number of fused-ring (bicyclic) bond motifs is 1. The number of hydrogen-bond acceptors (Lipinski definition) is 2. The molecule has 1 aromatic carbocycles. The Morgan fingerprint density at radius 1 is 1.39 bits per heavy atom. The second-order valence-corrected chi connectivity index (χ2v) is 5.65. The summed E-state index contributed by atoms with van der Waals surface area (Å²) in [6.07, 6.45) is 3.49. The molecule has 18 heavy (non-hydrogen) atoms. The van der Waals surface area contributed by atoms with E-state index in [0.717, 1.165) is 19.5 Å². The van der Waals surface area contributed by atoms with Crippen LogP contribution < -0.4 is 5.73 Å². The van der Waals surface area contributed by atoms with Gasteiger partial charge in [0.2, 0.25) is 0 Å². The monoisotopic (exact) mass is 243 g/mol. The molecule has 1 fully saturated rings. The highest BCUT2D eigenvalue weighted by Crippen LogP contribution is 2.35. The maximum absolute atomic E-state index is 7.59. The van der Waals surface area contributed by atoms with E-state index in [1.54, 1.807) is 0 Å². The van der Waals surface area contributed by atoms with Gasteiger partial charge in [-0.3, -0.25) is 5.41 Å². The van der Waals surface area contributed by atoms with E-state index >= 15 is 0 Å². The van der Waals surface area contributed by atoms with Crippen LogP contribution in [0.5, 0.6) is 0 Å². The topological polar surface area (TPSA) is 53.1 Å². The summed E-state index contributed by atoms with van der Waals surface area (Å²) in [5, 5.41) is 7.59. The first-order valence-corrected chi connectivity index (χ1v) is 6.88. The zero-order chi connectivity index (χ0) is 12.5. The summed E-state index contributed by atoms with van der Waals surface area (Å²) in [5.41, 5.74) is 8.69. The smallest absolute Gasteiger partial charge is 0.0949 e. The number of hydrogen-bond donors (Lipinski definition) is 2. The molecule has 2 aliphatic rings. The van der Waals surface area contributed by atoms with Gasteiger partial charge in [0, 0.05) is 24.9 Å². The van der Waals surface area contributed by atoms with Crippen molar-refractivity contribution in [2.24, 2.45) is 11.7 Å². The van der Waals surface area contributed by atoms with Gasteiger partial charge in [-0.05, 0) is 36.9 Å². The number of amidine groups is 1. The van der Waals surface area contributed by atoms with Crippen molar-refractivity contribution in [3.05, 3.63) is 35.4 Å². The molecule has 3 heteroatoms. The molecule has 1 saturated heterocycles. The van der Waals surface area contributed by atoms with E-state index in [1.165, 1.54) is 30.5 Å². The fourth-order valence-corrected chi connectivity index (χ4v) is 3.31. The van der Waals surface area contributed by atoms with Gasteiger partial charge in [0.25, 0.3) is 0 Å². The summed E-state index contributed by atoms with van der Waals surface area (Å²) < 4.78 is 0. The molecule has 3 nitrogen and oxygen atoms in total. The Morgan fingerprint density at radius 2 is 2.22 bits per heavy atom. The average molecular weight is 243 g/mol. The molecule has 1 aromatic rings. The van der Waals surface area contributed by atoms with Crippen LogP contribution in [0, 0.1) is 11.3 Å². The van der Waals surface area contributed by atoms with E-state index < -0.39 is 0 Å². The van der Waals surface area contributed by atoms with E-state index in [2.05, 4.69) is 29.2 Å². The first-order valence-electron chi connectivity index (χ1n) is 6.88. The summed E-state index contributed by atoms with van der Waals surface area (Å²) in [5.74, 6) is 1.36. The Kier molecular flexibility index (Phi) is 3.08. The fraction of sp³-hybridized carbons (Fsp3) is 0.533. The summed E-state index contributed by atoms with van der Waals surface area (Å²) in [7, 11) is 0. The van der Waals surface area contributed by atoms with Gasteiger partial charge in [0.1, 0.15) is 0 Å². The zero-order valence-electron chi connectivity index (χ0n) is 10.7. The molecule has 1 aliphatic carbocycles. The van der Waals surface area contributed by atoms with Crippen LogP contribution in [-0.4, -0.2) is 30.4 Å². The minimum atomic E-state index is 0.286. The van der Waals surface area contributed by atoms with Crippen LogP contribution in [0.2, 0.25) is 0 Å². The lowest BCUT2D eigenvalue weighted by atomic mass is 9.77.